The molecule has 0 amide bonds. The van der Waals surface area contributed by atoms with E-state index in [0.717, 1.165) is 12.5 Å². The topological polar surface area (TPSA) is 15.3 Å². The first-order valence-electron chi connectivity index (χ1n) is 6.57. The molecule has 0 fully saturated rings. The number of hydrogen-bond acceptors (Lipinski definition) is 2. The van der Waals surface area contributed by atoms with Gasteiger partial charge in [0.2, 0.25) is 0 Å². The standard InChI is InChI=1S/C15H26N2/c1-13(2)7-6-10-17(4)12-14-8-5-9-15(11-14)16-3/h5,8-9,11,13,16H,6-7,10,12H2,1-4H3. The van der Waals surface area contributed by atoms with Gasteiger partial charge in [-0.2, -0.15) is 0 Å². The molecule has 0 heterocycles. The molecule has 0 radical (unpaired) electrons. The van der Waals surface area contributed by atoms with Gasteiger partial charge in [-0.1, -0.05) is 26.0 Å². The second-order valence-electron chi connectivity index (χ2n) is 5.22. The van der Waals surface area contributed by atoms with Gasteiger partial charge in [-0.15, -0.1) is 0 Å². The summed E-state index contributed by atoms with van der Waals surface area (Å²) in [6.07, 6.45) is 2.61. The Morgan fingerprint density at radius 2 is 2.06 bits per heavy atom. The third-order valence-corrected chi connectivity index (χ3v) is 2.99. The minimum atomic E-state index is 0.816. The fraction of sp³-hybridized carbons (Fsp3) is 0.600. The highest BCUT2D eigenvalue weighted by atomic mass is 15.1. The maximum atomic E-state index is 3.18. The molecule has 0 aliphatic carbocycles. The number of rotatable bonds is 7. The maximum absolute atomic E-state index is 3.18. The molecule has 17 heavy (non-hydrogen) atoms. The minimum absolute atomic E-state index is 0.816. The summed E-state index contributed by atoms with van der Waals surface area (Å²) < 4.78 is 0. The Bertz CT molecular complexity index is 320. The fourth-order valence-electron chi connectivity index (χ4n) is 1.99. The molecule has 0 atom stereocenters. The molecule has 0 unspecified atom stereocenters. The van der Waals surface area contributed by atoms with Crippen molar-refractivity contribution in [3.05, 3.63) is 29.8 Å². The zero-order valence-corrected chi connectivity index (χ0v) is 11.7. The lowest BCUT2D eigenvalue weighted by Crippen LogP contribution is -2.19. The largest absolute Gasteiger partial charge is 0.388 e. The third kappa shape index (κ3) is 5.73. The van der Waals surface area contributed by atoms with Gasteiger partial charge in [0.05, 0.1) is 0 Å². The van der Waals surface area contributed by atoms with Crippen LogP contribution in [0, 0.1) is 5.92 Å². The van der Waals surface area contributed by atoms with Crippen LogP contribution in [-0.2, 0) is 6.54 Å². The van der Waals surface area contributed by atoms with Crippen LogP contribution in [-0.4, -0.2) is 25.5 Å². The summed E-state index contributed by atoms with van der Waals surface area (Å²) >= 11 is 0. The normalized spacial score (nSPS) is 11.2. The first kappa shape index (κ1) is 14.0. The Hall–Kier alpha value is -1.02. The molecule has 1 N–H and O–H groups in total. The molecule has 96 valence electrons. The Morgan fingerprint density at radius 3 is 2.71 bits per heavy atom. The van der Waals surface area contributed by atoms with Crippen LogP contribution in [0.25, 0.3) is 0 Å². The first-order valence-corrected chi connectivity index (χ1v) is 6.57. The number of nitrogens with one attached hydrogen (secondary N) is 1. The summed E-state index contributed by atoms with van der Waals surface area (Å²) in [6, 6.07) is 8.63. The molecule has 1 aromatic carbocycles. The summed E-state index contributed by atoms with van der Waals surface area (Å²) in [5.74, 6) is 0.816. The number of anilines is 1. The van der Waals surface area contributed by atoms with Gasteiger partial charge in [0.1, 0.15) is 0 Å². The lowest BCUT2D eigenvalue weighted by Gasteiger charge is -2.17. The van der Waals surface area contributed by atoms with Crippen molar-refractivity contribution in [3.8, 4) is 0 Å². The summed E-state index contributed by atoms with van der Waals surface area (Å²) in [4.78, 5) is 2.40. The van der Waals surface area contributed by atoms with Gasteiger partial charge >= 0.3 is 0 Å². The van der Waals surface area contributed by atoms with Gasteiger partial charge in [0.15, 0.2) is 0 Å². The van der Waals surface area contributed by atoms with Crippen molar-refractivity contribution in [1.82, 2.24) is 4.90 Å². The van der Waals surface area contributed by atoms with Crippen molar-refractivity contribution in [2.75, 3.05) is 26.0 Å². The molecule has 2 nitrogen and oxygen atoms in total. The zero-order chi connectivity index (χ0) is 12.7. The second kappa shape index (κ2) is 7.33. The molecule has 0 aliphatic rings. The highest BCUT2D eigenvalue weighted by Crippen LogP contribution is 2.12. The quantitative estimate of drug-likeness (QED) is 0.775. The van der Waals surface area contributed by atoms with E-state index in [1.165, 1.54) is 30.6 Å². The lowest BCUT2D eigenvalue weighted by atomic mass is 10.1. The van der Waals surface area contributed by atoms with E-state index in [9.17, 15) is 0 Å². The lowest BCUT2D eigenvalue weighted by molar-refractivity contribution is 0.310. The van der Waals surface area contributed by atoms with Crippen LogP contribution in [0.2, 0.25) is 0 Å². The van der Waals surface area contributed by atoms with Crippen molar-refractivity contribution < 1.29 is 0 Å². The van der Waals surface area contributed by atoms with Gasteiger partial charge in [-0.25, -0.2) is 0 Å². The van der Waals surface area contributed by atoms with E-state index in [0.29, 0.717) is 0 Å². The number of benzene rings is 1. The zero-order valence-electron chi connectivity index (χ0n) is 11.7. The van der Waals surface area contributed by atoms with Gasteiger partial charge in [0.25, 0.3) is 0 Å². The van der Waals surface area contributed by atoms with Crippen molar-refractivity contribution in [2.45, 2.75) is 33.2 Å². The van der Waals surface area contributed by atoms with E-state index >= 15 is 0 Å². The van der Waals surface area contributed by atoms with E-state index < -0.39 is 0 Å². The van der Waals surface area contributed by atoms with E-state index in [1.807, 2.05) is 7.05 Å². The summed E-state index contributed by atoms with van der Waals surface area (Å²) in [7, 11) is 4.16. The highest BCUT2D eigenvalue weighted by molar-refractivity contribution is 5.44. The van der Waals surface area contributed by atoms with Crippen LogP contribution in [0.15, 0.2) is 24.3 Å². The van der Waals surface area contributed by atoms with Crippen LogP contribution in [0.1, 0.15) is 32.3 Å². The summed E-state index contributed by atoms with van der Waals surface area (Å²) in [6.45, 7) is 6.79. The predicted octanol–water partition coefficient (Wildman–Crippen LogP) is 3.60. The molecule has 2 heteroatoms. The SMILES string of the molecule is CNc1cccc(CN(C)CCCC(C)C)c1. The van der Waals surface area contributed by atoms with Gasteiger partial charge in [-0.3, -0.25) is 0 Å². The van der Waals surface area contributed by atoms with Crippen molar-refractivity contribution in [1.29, 1.82) is 0 Å². The molecule has 1 aromatic rings. The molecule has 0 bridgehead atoms. The maximum Gasteiger partial charge on any atom is 0.0340 e. The van der Waals surface area contributed by atoms with Crippen molar-refractivity contribution >= 4 is 5.69 Å². The van der Waals surface area contributed by atoms with Crippen LogP contribution < -0.4 is 5.32 Å². The molecule has 0 saturated heterocycles. The van der Waals surface area contributed by atoms with E-state index in [1.54, 1.807) is 0 Å². The van der Waals surface area contributed by atoms with Gasteiger partial charge in [0, 0.05) is 19.3 Å². The fourth-order valence-corrected chi connectivity index (χ4v) is 1.99. The molecule has 1 rings (SSSR count). The summed E-state index contributed by atoms with van der Waals surface area (Å²) in [5.41, 5.74) is 2.57. The van der Waals surface area contributed by atoms with Gasteiger partial charge in [-0.05, 0) is 50.0 Å². The van der Waals surface area contributed by atoms with Crippen molar-refractivity contribution in [2.24, 2.45) is 5.92 Å². The minimum Gasteiger partial charge on any atom is -0.388 e. The smallest absolute Gasteiger partial charge is 0.0340 e. The van der Waals surface area contributed by atoms with E-state index in [4.69, 9.17) is 0 Å². The highest BCUT2D eigenvalue weighted by Gasteiger charge is 2.02. The van der Waals surface area contributed by atoms with E-state index in [-0.39, 0.29) is 0 Å². The Balaban J connectivity index is 2.36. The number of hydrogen-bond donors (Lipinski definition) is 1. The van der Waals surface area contributed by atoms with Crippen LogP contribution >= 0.6 is 0 Å². The van der Waals surface area contributed by atoms with Crippen LogP contribution in [0.4, 0.5) is 5.69 Å². The predicted molar refractivity (Wildman–Crippen MR) is 76.4 cm³/mol. The second-order valence-corrected chi connectivity index (χ2v) is 5.22. The molecule has 0 aliphatic heterocycles. The molecule has 0 spiro atoms. The van der Waals surface area contributed by atoms with Crippen molar-refractivity contribution in [3.63, 3.8) is 0 Å². The van der Waals surface area contributed by atoms with Gasteiger partial charge < -0.3 is 10.2 Å². The average Bonchev–Trinajstić information content (AvgIpc) is 2.28. The monoisotopic (exact) mass is 234 g/mol. The van der Waals surface area contributed by atoms with Crippen LogP contribution in [0.5, 0.6) is 0 Å². The molecule has 0 aromatic heterocycles. The Kier molecular flexibility index (Phi) is 6.06. The molecule has 0 saturated carbocycles. The number of nitrogens with zero attached hydrogens (tertiary/aromatic N) is 1. The molecular formula is C15H26N2. The summed E-state index contributed by atoms with van der Waals surface area (Å²) in [5, 5.41) is 3.18. The third-order valence-electron chi connectivity index (χ3n) is 2.99. The van der Waals surface area contributed by atoms with Crippen LogP contribution in [0.3, 0.4) is 0 Å². The molecular weight excluding hydrogens is 208 g/mol. The van der Waals surface area contributed by atoms with E-state index in [2.05, 4.69) is 55.4 Å². The first-order chi connectivity index (χ1) is 8.11. The Labute approximate surface area is 106 Å². The average molecular weight is 234 g/mol. The Morgan fingerprint density at radius 1 is 1.29 bits per heavy atom.